The molecule has 3 heterocycles. The Labute approximate surface area is 104 Å². The van der Waals surface area contributed by atoms with E-state index in [9.17, 15) is 0 Å². The molecule has 7 nitrogen and oxygen atoms in total. The quantitative estimate of drug-likeness (QED) is 0.764. The van der Waals surface area contributed by atoms with Crippen LogP contribution in [0.4, 0.5) is 5.82 Å². The Balaban J connectivity index is 1.90. The van der Waals surface area contributed by atoms with Crippen molar-refractivity contribution < 1.29 is 4.74 Å². The SMILES string of the molecule is COc1nc(C)cc(N2CCn3cnnc3C2)n1. The number of ether oxygens (including phenoxy) is 1. The third-order valence-corrected chi connectivity index (χ3v) is 2.97. The maximum atomic E-state index is 5.10. The van der Waals surface area contributed by atoms with E-state index in [-0.39, 0.29) is 0 Å². The summed E-state index contributed by atoms with van der Waals surface area (Å²) in [5, 5.41) is 8.01. The molecule has 0 saturated carbocycles. The zero-order chi connectivity index (χ0) is 12.5. The first-order chi connectivity index (χ1) is 8.76. The fourth-order valence-corrected chi connectivity index (χ4v) is 2.04. The first-order valence-electron chi connectivity index (χ1n) is 5.77. The van der Waals surface area contributed by atoms with E-state index in [1.807, 2.05) is 13.0 Å². The molecule has 7 heteroatoms. The molecule has 94 valence electrons. The van der Waals surface area contributed by atoms with Gasteiger partial charge in [0.25, 0.3) is 0 Å². The second-order valence-electron chi connectivity index (χ2n) is 4.22. The van der Waals surface area contributed by atoms with Crippen LogP contribution in [0.2, 0.25) is 0 Å². The molecule has 0 bridgehead atoms. The molecular weight excluding hydrogens is 232 g/mol. The highest BCUT2D eigenvalue weighted by atomic mass is 16.5. The lowest BCUT2D eigenvalue weighted by molar-refractivity contribution is 0.378. The van der Waals surface area contributed by atoms with Gasteiger partial charge in [-0.05, 0) is 6.92 Å². The van der Waals surface area contributed by atoms with Crippen molar-refractivity contribution in [2.75, 3.05) is 18.6 Å². The van der Waals surface area contributed by atoms with Crippen molar-refractivity contribution in [2.24, 2.45) is 0 Å². The third-order valence-electron chi connectivity index (χ3n) is 2.97. The maximum absolute atomic E-state index is 5.10. The lowest BCUT2D eigenvalue weighted by Gasteiger charge is -2.28. The molecule has 0 spiro atoms. The summed E-state index contributed by atoms with van der Waals surface area (Å²) in [6.45, 7) is 4.39. The van der Waals surface area contributed by atoms with Gasteiger partial charge >= 0.3 is 6.01 Å². The van der Waals surface area contributed by atoms with Gasteiger partial charge < -0.3 is 14.2 Å². The normalized spacial score (nSPS) is 14.4. The third kappa shape index (κ3) is 1.87. The van der Waals surface area contributed by atoms with E-state index in [2.05, 4.69) is 29.6 Å². The van der Waals surface area contributed by atoms with Gasteiger partial charge in [0.15, 0.2) is 5.82 Å². The Morgan fingerprint density at radius 3 is 3.00 bits per heavy atom. The number of fused-ring (bicyclic) bond motifs is 1. The van der Waals surface area contributed by atoms with Crippen molar-refractivity contribution >= 4 is 5.82 Å². The van der Waals surface area contributed by atoms with Gasteiger partial charge in [0.05, 0.1) is 13.7 Å². The molecule has 3 rings (SSSR count). The van der Waals surface area contributed by atoms with Crippen molar-refractivity contribution in [3.63, 3.8) is 0 Å². The number of methoxy groups -OCH3 is 1. The minimum Gasteiger partial charge on any atom is -0.467 e. The lowest BCUT2D eigenvalue weighted by atomic mass is 10.3. The van der Waals surface area contributed by atoms with E-state index < -0.39 is 0 Å². The zero-order valence-electron chi connectivity index (χ0n) is 10.4. The molecule has 18 heavy (non-hydrogen) atoms. The van der Waals surface area contributed by atoms with E-state index in [0.717, 1.165) is 30.4 Å². The maximum Gasteiger partial charge on any atom is 0.318 e. The van der Waals surface area contributed by atoms with Crippen LogP contribution in [-0.4, -0.2) is 38.4 Å². The number of hydrogen-bond donors (Lipinski definition) is 0. The predicted octanol–water partition coefficient (Wildman–Crippen LogP) is 0.405. The van der Waals surface area contributed by atoms with E-state index in [1.54, 1.807) is 13.4 Å². The molecule has 0 atom stereocenters. The largest absolute Gasteiger partial charge is 0.467 e. The molecule has 0 amide bonds. The van der Waals surface area contributed by atoms with E-state index >= 15 is 0 Å². The number of rotatable bonds is 2. The van der Waals surface area contributed by atoms with Crippen molar-refractivity contribution in [3.8, 4) is 6.01 Å². The topological polar surface area (TPSA) is 69.0 Å². The lowest BCUT2D eigenvalue weighted by Crippen LogP contribution is -2.34. The summed E-state index contributed by atoms with van der Waals surface area (Å²) in [5.74, 6) is 1.82. The van der Waals surface area contributed by atoms with Crippen LogP contribution < -0.4 is 9.64 Å². The Hall–Kier alpha value is -2.18. The van der Waals surface area contributed by atoms with Gasteiger partial charge in [-0.2, -0.15) is 4.98 Å². The van der Waals surface area contributed by atoms with Crippen molar-refractivity contribution in [2.45, 2.75) is 20.0 Å². The molecule has 0 fully saturated rings. The summed E-state index contributed by atoms with van der Waals surface area (Å²) >= 11 is 0. The van der Waals surface area contributed by atoms with Crippen LogP contribution in [0.1, 0.15) is 11.5 Å². The van der Waals surface area contributed by atoms with Gasteiger partial charge in [0.1, 0.15) is 12.1 Å². The summed E-state index contributed by atoms with van der Waals surface area (Å²) in [7, 11) is 1.57. The van der Waals surface area contributed by atoms with Gasteiger partial charge in [0, 0.05) is 24.8 Å². The number of aromatic nitrogens is 5. The second-order valence-corrected chi connectivity index (χ2v) is 4.22. The summed E-state index contributed by atoms with van der Waals surface area (Å²) in [6, 6.07) is 2.35. The van der Waals surface area contributed by atoms with Gasteiger partial charge in [-0.3, -0.25) is 0 Å². The Morgan fingerprint density at radius 1 is 1.28 bits per heavy atom. The first-order valence-corrected chi connectivity index (χ1v) is 5.77. The fraction of sp³-hybridized carbons (Fsp3) is 0.455. The van der Waals surface area contributed by atoms with Crippen LogP contribution in [0.3, 0.4) is 0 Å². The highest BCUT2D eigenvalue weighted by molar-refractivity contribution is 5.41. The molecule has 0 radical (unpaired) electrons. The number of aryl methyl sites for hydroxylation is 1. The first kappa shape index (κ1) is 10.9. The summed E-state index contributed by atoms with van der Waals surface area (Å²) in [4.78, 5) is 10.7. The van der Waals surface area contributed by atoms with Crippen molar-refractivity contribution in [1.29, 1.82) is 0 Å². The van der Waals surface area contributed by atoms with E-state index in [1.165, 1.54) is 0 Å². The summed E-state index contributed by atoms with van der Waals surface area (Å²) in [5.41, 5.74) is 0.892. The minimum atomic E-state index is 0.400. The van der Waals surface area contributed by atoms with Gasteiger partial charge in [0.2, 0.25) is 0 Å². The molecule has 0 unspecified atom stereocenters. The van der Waals surface area contributed by atoms with Gasteiger partial charge in [-0.15, -0.1) is 10.2 Å². The Morgan fingerprint density at radius 2 is 2.17 bits per heavy atom. The number of hydrogen-bond acceptors (Lipinski definition) is 6. The van der Waals surface area contributed by atoms with Crippen LogP contribution in [0, 0.1) is 6.92 Å². The summed E-state index contributed by atoms with van der Waals surface area (Å²) in [6.07, 6.45) is 1.76. The van der Waals surface area contributed by atoms with Gasteiger partial charge in [-0.1, -0.05) is 0 Å². The Kier molecular flexibility index (Phi) is 2.58. The molecule has 0 saturated heterocycles. The van der Waals surface area contributed by atoms with Crippen LogP contribution in [0.5, 0.6) is 6.01 Å². The number of anilines is 1. The molecule has 2 aromatic rings. The highest BCUT2D eigenvalue weighted by Gasteiger charge is 2.19. The van der Waals surface area contributed by atoms with Crippen LogP contribution in [0.15, 0.2) is 12.4 Å². The smallest absolute Gasteiger partial charge is 0.318 e. The Bertz CT molecular complexity index is 566. The monoisotopic (exact) mass is 246 g/mol. The van der Waals surface area contributed by atoms with E-state index in [4.69, 9.17) is 4.74 Å². The van der Waals surface area contributed by atoms with E-state index in [0.29, 0.717) is 12.6 Å². The summed E-state index contributed by atoms with van der Waals surface area (Å²) < 4.78 is 7.16. The molecule has 0 N–H and O–H groups in total. The van der Waals surface area contributed by atoms with Crippen LogP contribution in [0.25, 0.3) is 0 Å². The van der Waals surface area contributed by atoms with Crippen molar-refractivity contribution in [1.82, 2.24) is 24.7 Å². The van der Waals surface area contributed by atoms with Crippen molar-refractivity contribution in [3.05, 3.63) is 23.9 Å². The van der Waals surface area contributed by atoms with Crippen LogP contribution in [-0.2, 0) is 13.1 Å². The molecule has 2 aromatic heterocycles. The predicted molar refractivity (Wildman–Crippen MR) is 64.4 cm³/mol. The molecule has 1 aliphatic rings. The molecule has 1 aliphatic heterocycles. The number of nitrogens with zero attached hydrogens (tertiary/aromatic N) is 6. The highest BCUT2D eigenvalue weighted by Crippen LogP contribution is 2.20. The average molecular weight is 246 g/mol. The van der Waals surface area contributed by atoms with Gasteiger partial charge in [-0.25, -0.2) is 4.98 Å². The second kappa shape index (κ2) is 4.25. The average Bonchev–Trinajstić information content (AvgIpc) is 2.85. The fourth-order valence-electron chi connectivity index (χ4n) is 2.04. The molecule has 0 aliphatic carbocycles. The zero-order valence-corrected chi connectivity index (χ0v) is 10.4. The minimum absolute atomic E-state index is 0.400. The molecular formula is C11H14N6O. The van der Waals surface area contributed by atoms with Crippen LogP contribution >= 0.6 is 0 Å². The standard InChI is InChI=1S/C11H14N6O/c1-8-5-9(14-11(13-8)18-2)16-3-4-17-7-12-15-10(17)6-16/h5,7H,3-4,6H2,1-2H3. The molecule has 0 aromatic carbocycles.